The summed E-state index contributed by atoms with van der Waals surface area (Å²) in [6, 6.07) is 9.72. The Hall–Kier alpha value is -1.39. The molecule has 0 spiro atoms. The average molecular weight is 320 g/mol. The molecule has 1 aromatic carbocycles. The van der Waals surface area contributed by atoms with Crippen molar-refractivity contribution in [1.82, 2.24) is 0 Å². The molecule has 1 aromatic rings. The molecule has 2 rings (SSSR count). The summed E-state index contributed by atoms with van der Waals surface area (Å²) in [6.07, 6.45) is 2.74. The molecule has 0 bridgehead atoms. The Labute approximate surface area is 139 Å². The molecular weight excluding hydrogens is 292 g/mol. The molecule has 1 fully saturated rings. The van der Waals surface area contributed by atoms with Crippen molar-refractivity contribution in [3.8, 4) is 0 Å². The van der Waals surface area contributed by atoms with Gasteiger partial charge in [0.1, 0.15) is 6.61 Å². The second-order valence-corrected chi connectivity index (χ2v) is 7.08. The first-order valence-corrected chi connectivity index (χ1v) is 8.35. The van der Waals surface area contributed by atoms with Crippen molar-refractivity contribution >= 4 is 5.97 Å². The van der Waals surface area contributed by atoms with Crippen molar-refractivity contribution in [2.75, 3.05) is 0 Å². The molecule has 0 aromatic heterocycles. The lowest BCUT2D eigenvalue weighted by atomic mass is 9.90. The summed E-state index contributed by atoms with van der Waals surface area (Å²) in [5, 5.41) is 0. The lowest BCUT2D eigenvalue weighted by molar-refractivity contribution is -0.145. The molecule has 0 radical (unpaired) electrons. The number of esters is 1. The third kappa shape index (κ3) is 5.05. The van der Waals surface area contributed by atoms with E-state index >= 15 is 0 Å². The molecule has 0 unspecified atom stereocenters. The molecular formula is C19H28O4. The van der Waals surface area contributed by atoms with Crippen LogP contribution in [0.15, 0.2) is 30.3 Å². The van der Waals surface area contributed by atoms with Gasteiger partial charge >= 0.3 is 5.97 Å². The quantitative estimate of drug-likeness (QED) is 0.557. The fraction of sp³-hybridized carbons (Fsp3) is 0.632. The van der Waals surface area contributed by atoms with Gasteiger partial charge in [-0.1, -0.05) is 30.3 Å². The highest BCUT2D eigenvalue weighted by Crippen LogP contribution is 2.39. The zero-order valence-electron chi connectivity index (χ0n) is 14.6. The molecule has 0 saturated carbocycles. The Balaban J connectivity index is 1.60. The summed E-state index contributed by atoms with van der Waals surface area (Å²) in [5.74, 6) is -0.150. The van der Waals surface area contributed by atoms with Gasteiger partial charge in [0.05, 0.1) is 11.2 Å². The molecule has 0 atom stereocenters. The first-order chi connectivity index (χ1) is 10.8. The van der Waals surface area contributed by atoms with Crippen LogP contribution in [0.25, 0.3) is 0 Å². The minimum atomic E-state index is -0.285. The van der Waals surface area contributed by atoms with E-state index in [1.807, 2.05) is 58.0 Å². The summed E-state index contributed by atoms with van der Waals surface area (Å²) in [4.78, 5) is 11.7. The highest BCUT2D eigenvalue weighted by Gasteiger charge is 2.48. The van der Waals surface area contributed by atoms with Gasteiger partial charge in [-0.05, 0) is 52.5 Å². The maximum atomic E-state index is 11.7. The molecule has 1 aliphatic heterocycles. The fourth-order valence-corrected chi connectivity index (χ4v) is 2.47. The van der Waals surface area contributed by atoms with Gasteiger partial charge in [-0.3, -0.25) is 4.79 Å². The van der Waals surface area contributed by atoms with Crippen LogP contribution in [-0.2, 0) is 25.6 Å². The van der Waals surface area contributed by atoms with E-state index in [2.05, 4.69) is 0 Å². The molecule has 0 aliphatic carbocycles. The standard InChI is InChI=1S/C19H28O4/c1-18(2)19(3,4)23-17(22-18)13-9-8-12-16(20)21-14-15-10-6-5-7-11-15/h5-7,10-11,17H,8-9,12-14H2,1-4H3. The molecule has 1 heterocycles. The van der Waals surface area contributed by atoms with Crippen LogP contribution in [0.4, 0.5) is 0 Å². The molecule has 0 N–H and O–H groups in total. The van der Waals surface area contributed by atoms with Crippen LogP contribution in [0.3, 0.4) is 0 Å². The molecule has 4 heteroatoms. The molecule has 23 heavy (non-hydrogen) atoms. The lowest BCUT2D eigenvalue weighted by Crippen LogP contribution is -2.41. The van der Waals surface area contributed by atoms with E-state index in [1.165, 1.54) is 0 Å². The van der Waals surface area contributed by atoms with E-state index in [4.69, 9.17) is 14.2 Å². The smallest absolute Gasteiger partial charge is 0.306 e. The van der Waals surface area contributed by atoms with Crippen LogP contribution in [0.2, 0.25) is 0 Å². The predicted molar refractivity (Wildman–Crippen MR) is 88.8 cm³/mol. The Bertz CT molecular complexity index is 491. The average Bonchev–Trinajstić information content (AvgIpc) is 2.70. The van der Waals surface area contributed by atoms with Gasteiger partial charge in [-0.25, -0.2) is 0 Å². The van der Waals surface area contributed by atoms with Crippen LogP contribution < -0.4 is 0 Å². The number of ether oxygens (including phenoxy) is 3. The zero-order valence-corrected chi connectivity index (χ0v) is 14.6. The van der Waals surface area contributed by atoms with Crippen LogP contribution in [0.1, 0.15) is 58.9 Å². The van der Waals surface area contributed by atoms with Crippen LogP contribution in [-0.4, -0.2) is 23.5 Å². The predicted octanol–water partition coefficient (Wildman–Crippen LogP) is 4.22. The van der Waals surface area contributed by atoms with Crippen molar-refractivity contribution < 1.29 is 19.0 Å². The summed E-state index contributed by atoms with van der Waals surface area (Å²) in [7, 11) is 0. The van der Waals surface area contributed by atoms with Crippen molar-refractivity contribution in [3.05, 3.63) is 35.9 Å². The number of hydrogen-bond acceptors (Lipinski definition) is 4. The van der Waals surface area contributed by atoms with Gasteiger partial charge in [-0.15, -0.1) is 0 Å². The molecule has 128 valence electrons. The first kappa shape index (κ1) is 18.0. The van der Waals surface area contributed by atoms with Gasteiger partial charge in [0.15, 0.2) is 6.29 Å². The number of carbonyl (C=O) groups excluding carboxylic acids is 1. The third-order valence-electron chi connectivity index (χ3n) is 4.62. The van der Waals surface area contributed by atoms with Gasteiger partial charge in [0.25, 0.3) is 0 Å². The number of benzene rings is 1. The van der Waals surface area contributed by atoms with E-state index in [1.54, 1.807) is 0 Å². The highest BCUT2D eigenvalue weighted by atomic mass is 16.7. The maximum absolute atomic E-state index is 11.7. The molecule has 0 amide bonds. The number of unbranched alkanes of at least 4 members (excludes halogenated alkanes) is 1. The van der Waals surface area contributed by atoms with Crippen molar-refractivity contribution in [1.29, 1.82) is 0 Å². The summed E-state index contributed by atoms with van der Waals surface area (Å²) < 4.78 is 17.1. The molecule has 4 nitrogen and oxygen atoms in total. The lowest BCUT2D eigenvalue weighted by Gasteiger charge is -2.30. The van der Waals surface area contributed by atoms with Crippen molar-refractivity contribution in [2.45, 2.75) is 77.5 Å². The number of carbonyl (C=O) groups is 1. The van der Waals surface area contributed by atoms with Crippen LogP contribution >= 0.6 is 0 Å². The summed E-state index contributed by atoms with van der Waals surface area (Å²) in [6.45, 7) is 8.54. The summed E-state index contributed by atoms with van der Waals surface area (Å²) >= 11 is 0. The van der Waals surface area contributed by atoms with Gasteiger partial charge in [0.2, 0.25) is 0 Å². The van der Waals surface area contributed by atoms with Crippen molar-refractivity contribution in [3.63, 3.8) is 0 Å². The molecule has 1 saturated heterocycles. The Kier molecular flexibility index (Phi) is 5.82. The second kappa shape index (κ2) is 7.45. The highest BCUT2D eigenvalue weighted by molar-refractivity contribution is 5.69. The normalized spacial score (nSPS) is 19.7. The second-order valence-electron chi connectivity index (χ2n) is 7.08. The Morgan fingerprint density at radius 1 is 1.04 bits per heavy atom. The third-order valence-corrected chi connectivity index (χ3v) is 4.62. The number of rotatable bonds is 7. The van der Waals surface area contributed by atoms with Crippen molar-refractivity contribution in [2.24, 2.45) is 0 Å². The van der Waals surface area contributed by atoms with E-state index in [0.29, 0.717) is 13.0 Å². The van der Waals surface area contributed by atoms with E-state index in [-0.39, 0.29) is 23.5 Å². The first-order valence-electron chi connectivity index (χ1n) is 8.35. The minimum absolute atomic E-state index is 0.150. The van der Waals surface area contributed by atoms with Gasteiger partial charge in [0, 0.05) is 6.42 Å². The van der Waals surface area contributed by atoms with E-state index in [9.17, 15) is 4.79 Å². The SMILES string of the molecule is CC1(C)OC(CCCCC(=O)OCc2ccccc2)OC1(C)C. The Morgan fingerprint density at radius 2 is 1.65 bits per heavy atom. The maximum Gasteiger partial charge on any atom is 0.306 e. The Morgan fingerprint density at radius 3 is 2.26 bits per heavy atom. The summed E-state index contributed by atoms with van der Waals surface area (Å²) in [5.41, 5.74) is 0.441. The van der Waals surface area contributed by atoms with E-state index < -0.39 is 0 Å². The largest absolute Gasteiger partial charge is 0.461 e. The van der Waals surface area contributed by atoms with Crippen LogP contribution in [0.5, 0.6) is 0 Å². The monoisotopic (exact) mass is 320 g/mol. The minimum Gasteiger partial charge on any atom is -0.461 e. The fourth-order valence-electron chi connectivity index (χ4n) is 2.47. The number of hydrogen-bond donors (Lipinski definition) is 0. The molecule has 1 aliphatic rings. The van der Waals surface area contributed by atoms with Crippen LogP contribution in [0, 0.1) is 0 Å². The topological polar surface area (TPSA) is 44.8 Å². The van der Waals surface area contributed by atoms with Gasteiger partial charge in [-0.2, -0.15) is 0 Å². The van der Waals surface area contributed by atoms with Gasteiger partial charge < -0.3 is 14.2 Å². The zero-order chi connectivity index (χ0) is 16.9. The van der Waals surface area contributed by atoms with E-state index in [0.717, 1.165) is 24.8 Å².